The van der Waals surface area contributed by atoms with Crippen LogP contribution in [0.4, 0.5) is 4.39 Å². The van der Waals surface area contributed by atoms with Gasteiger partial charge in [0, 0.05) is 17.0 Å². The number of hydrogen-bond acceptors (Lipinski definition) is 4. The van der Waals surface area contributed by atoms with Crippen LogP contribution in [0.25, 0.3) is 27.0 Å². The molecular formula is C22H16FNO3S. The Morgan fingerprint density at radius 1 is 1.04 bits per heavy atom. The molecule has 140 valence electrons. The summed E-state index contributed by atoms with van der Waals surface area (Å²) in [6.07, 6.45) is 0. The van der Waals surface area contributed by atoms with Gasteiger partial charge in [-0.05, 0) is 42.8 Å². The summed E-state index contributed by atoms with van der Waals surface area (Å²) >= 11 is 1.20. The van der Waals surface area contributed by atoms with E-state index in [1.165, 1.54) is 34.1 Å². The summed E-state index contributed by atoms with van der Waals surface area (Å²) in [4.78, 5) is 26.3. The third-order valence-electron chi connectivity index (χ3n) is 4.35. The predicted octanol–water partition coefficient (Wildman–Crippen LogP) is 5.04. The number of benzene rings is 2. The number of thiophene rings is 1. The summed E-state index contributed by atoms with van der Waals surface area (Å²) in [6.45, 7) is 2.01. The molecule has 0 saturated carbocycles. The first-order valence-corrected chi connectivity index (χ1v) is 9.59. The molecular weight excluding hydrogens is 377 g/mol. The van der Waals surface area contributed by atoms with E-state index in [2.05, 4.69) is 0 Å². The van der Waals surface area contributed by atoms with Crippen LogP contribution in [0, 0.1) is 5.82 Å². The Hall–Kier alpha value is -3.25. The first kappa shape index (κ1) is 18.1. The molecule has 4 rings (SSSR count). The lowest BCUT2D eigenvalue weighted by Crippen LogP contribution is -2.16. The van der Waals surface area contributed by atoms with Crippen LogP contribution in [0.3, 0.4) is 0 Å². The molecule has 4 aromatic rings. The minimum atomic E-state index is -0.430. The maximum Gasteiger partial charge on any atom is 0.349 e. The minimum absolute atomic E-state index is 0.254. The quantitative estimate of drug-likeness (QED) is 0.457. The van der Waals surface area contributed by atoms with E-state index >= 15 is 0 Å². The molecule has 2 aromatic carbocycles. The Morgan fingerprint density at radius 3 is 2.43 bits per heavy atom. The predicted molar refractivity (Wildman–Crippen MR) is 109 cm³/mol. The molecule has 0 spiro atoms. The van der Waals surface area contributed by atoms with E-state index in [4.69, 9.17) is 4.74 Å². The number of esters is 1. The molecule has 0 N–H and O–H groups in total. The largest absolute Gasteiger partial charge is 0.462 e. The standard InChI is InChI=1S/C22H16FNO3S/c1-2-27-22(26)20-19(14-6-4-3-5-7-14)17-12-13-18(25)24(21(17)28-20)16-10-8-15(23)9-11-16/h3-13H,2H2,1H3. The summed E-state index contributed by atoms with van der Waals surface area (Å²) in [7, 11) is 0. The third kappa shape index (κ3) is 3.12. The van der Waals surface area contributed by atoms with Crippen molar-refractivity contribution in [2.75, 3.05) is 6.61 Å². The maximum atomic E-state index is 13.4. The number of rotatable bonds is 4. The summed E-state index contributed by atoms with van der Waals surface area (Å²) < 4.78 is 20.1. The lowest BCUT2D eigenvalue weighted by molar-refractivity contribution is 0.0533. The minimum Gasteiger partial charge on any atom is -0.462 e. The van der Waals surface area contributed by atoms with Gasteiger partial charge in [-0.15, -0.1) is 11.3 Å². The van der Waals surface area contributed by atoms with Crippen molar-refractivity contribution in [2.24, 2.45) is 0 Å². The fourth-order valence-electron chi connectivity index (χ4n) is 3.15. The van der Waals surface area contributed by atoms with Gasteiger partial charge >= 0.3 is 5.97 Å². The van der Waals surface area contributed by atoms with E-state index in [1.54, 1.807) is 25.1 Å². The van der Waals surface area contributed by atoms with Crippen LogP contribution in [0.1, 0.15) is 16.6 Å². The van der Waals surface area contributed by atoms with E-state index in [9.17, 15) is 14.0 Å². The smallest absolute Gasteiger partial charge is 0.349 e. The fourth-order valence-corrected chi connectivity index (χ4v) is 4.38. The molecule has 0 bridgehead atoms. The number of nitrogens with zero attached hydrogens (tertiary/aromatic N) is 1. The third-order valence-corrected chi connectivity index (χ3v) is 5.52. The van der Waals surface area contributed by atoms with Gasteiger partial charge in [0.15, 0.2) is 0 Å². The zero-order chi connectivity index (χ0) is 19.7. The van der Waals surface area contributed by atoms with Gasteiger partial charge < -0.3 is 4.74 Å². The molecule has 0 aliphatic heterocycles. The lowest BCUT2D eigenvalue weighted by Gasteiger charge is -2.08. The topological polar surface area (TPSA) is 48.3 Å². The van der Waals surface area contributed by atoms with Crippen molar-refractivity contribution in [1.29, 1.82) is 0 Å². The van der Waals surface area contributed by atoms with Crippen molar-refractivity contribution in [3.8, 4) is 16.8 Å². The van der Waals surface area contributed by atoms with Crippen LogP contribution in [-0.2, 0) is 4.74 Å². The van der Waals surface area contributed by atoms with Gasteiger partial charge in [-0.1, -0.05) is 30.3 Å². The fraction of sp³-hybridized carbons (Fsp3) is 0.0909. The number of carbonyl (C=O) groups is 1. The monoisotopic (exact) mass is 393 g/mol. The highest BCUT2D eigenvalue weighted by atomic mass is 32.1. The molecule has 28 heavy (non-hydrogen) atoms. The van der Waals surface area contributed by atoms with E-state index in [0.29, 0.717) is 15.4 Å². The highest BCUT2D eigenvalue weighted by molar-refractivity contribution is 7.21. The van der Waals surface area contributed by atoms with Gasteiger partial charge in [0.25, 0.3) is 5.56 Å². The van der Waals surface area contributed by atoms with Crippen molar-refractivity contribution in [2.45, 2.75) is 6.92 Å². The van der Waals surface area contributed by atoms with Crippen molar-refractivity contribution >= 4 is 27.5 Å². The Morgan fingerprint density at radius 2 is 1.75 bits per heavy atom. The van der Waals surface area contributed by atoms with Crippen LogP contribution in [-0.4, -0.2) is 17.1 Å². The number of ether oxygens (including phenoxy) is 1. The van der Waals surface area contributed by atoms with Crippen molar-refractivity contribution in [1.82, 2.24) is 4.57 Å². The zero-order valence-electron chi connectivity index (χ0n) is 15.0. The number of carbonyl (C=O) groups excluding carboxylic acids is 1. The first-order valence-electron chi connectivity index (χ1n) is 8.77. The van der Waals surface area contributed by atoms with Crippen LogP contribution >= 0.6 is 11.3 Å². The summed E-state index contributed by atoms with van der Waals surface area (Å²) in [5.41, 5.74) is 1.87. The number of hydrogen-bond donors (Lipinski definition) is 0. The van der Waals surface area contributed by atoms with Gasteiger partial charge in [-0.2, -0.15) is 0 Å². The van der Waals surface area contributed by atoms with Crippen molar-refractivity contribution in [3.63, 3.8) is 0 Å². The molecule has 2 heterocycles. The molecule has 0 aliphatic rings. The van der Waals surface area contributed by atoms with E-state index in [1.807, 2.05) is 30.3 Å². The Bertz CT molecular complexity index is 1210. The molecule has 0 atom stereocenters. The van der Waals surface area contributed by atoms with Crippen LogP contribution in [0.5, 0.6) is 0 Å². The first-order chi connectivity index (χ1) is 13.6. The SMILES string of the molecule is CCOC(=O)c1sc2c(ccc(=O)n2-c2ccc(F)cc2)c1-c1ccccc1. The lowest BCUT2D eigenvalue weighted by atomic mass is 10.0. The average molecular weight is 393 g/mol. The second kappa shape index (κ2) is 7.40. The Kier molecular flexibility index (Phi) is 4.79. The molecule has 0 aliphatic carbocycles. The van der Waals surface area contributed by atoms with Crippen molar-refractivity contribution < 1.29 is 13.9 Å². The molecule has 0 fully saturated rings. The Balaban J connectivity index is 2.06. The molecule has 0 radical (unpaired) electrons. The summed E-state index contributed by atoms with van der Waals surface area (Å²) in [5.74, 6) is -0.812. The van der Waals surface area contributed by atoms with Gasteiger partial charge in [0.05, 0.1) is 12.3 Å². The van der Waals surface area contributed by atoms with Crippen molar-refractivity contribution in [3.05, 3.63) is 87.8 Å². The molecule has 0 saturated heterocycles. The molecule has 4 nitrogen and oxygen atoms in total. The summed E-state index contributed by atoms with van der Waals surface area (Å²) in [6, 6.07) is 18.4. The van der Waals surface area contributed by atoms with Gasteiger partial charge in [0.2, 0.25) is 0 Å². The Labute approximate surface area is 164 Å². The van der Waals surface area contributed by atoms with Crippen LogP contribution in [0.2, 0.25) is 0 Å². The van der Waals surface area contributed by atoms with Crippen LogP contribution < -0.4 is 5.56 Å². The molecule has 0 unspecified atom stereocenters. The van der Waals surface area contributed by atoms with Gasteiger partial charge in [-0.25, -0.2) is 9.18 Å². The average Bonchev–Trinajstić information content (AvgIpc) is 3.09. The van der Waals surface area contributed by atoms with Crippen LogP contribution in [0.15, 0.2) is 71.5 Å². The highest BCUT2D eigenvalue weighted by Crippen LogP contribution is 2.39. The second-order valence-corrected chi connectivity index (χ2v) is 7.09. The number of aromatic nitrogens is 1. The summed E-state index contributed by atoms with van der Waals surface area (Å²) in [5, 5.41) is 0.767. The number of halogens is 1. The highest BCUT2D eigenvalue weighted by Gasteiger charge is 2.23. The van der Waals surface area contributed by atoms with E-state index in [-0.39, 0.29) is 18.0 Å². The zero-order valence-corrected chi connectivity index (χ0v) is 15.8. The molecule has 2 aromatic heterocycles. The van der Waals surface area contributed by atoms with E-state index < -0.39 is 5.97 Å². The van der Waals surface area contributed by atoms with E-state index in [0.717, 1.165) is 16.5 Å². The molecule has 0 amide bonds. The van der Waals surface area contributed by atoms with Gasteiger partial charge in [0.1, 0.15) is 15.5 Å². The maximum absolute atomic E-state index is 13.4. The normalized spacial score (nSPS) is 10.9. The number of fused-ring (bicyclic) bond motifs is 1. The van der Waals surface area contributed by atoms with Gasteiger partial charge in [-0.3, -0.25) is 9.36 Å². The second-order valence-electron chi connectivity index (χ2n) is 6.09. The number of pyridine rings is 1. The molecule has 6 heteroatoms.